The van der Waals surface area contributed by atoms with E-state index in [0.29, 0.717) is 11.3 Å². The van der Waals surface area contributed by atoms with Crippen LogP contribution in [0.5, 0.6) is 11.6 Å². The van der Waals surface area contributed by atoms with E-state index in [9.17, 15) is 14.4 Å². The minimum Gasteiger partial charge on any atom is -0.478 e. The molecule has 2 aromatic rings. The van der Waals surface area contributed by atoms with E-state index < -0.39 is 17.2 Å². The summed E-state index contributed by atoms with van der Waals surface area (Å²) in [5.74, 6) is -0.909. The number of rotatable bonds is 1. The predicted molar refractivity (Wildman–Crippen MR) is 68.7 cm³/mol. The van der Waals surface area contributed by atoms with Crippen molar-refractivity contribution in [3.05, 3.63) is 55.7 Å². The van der Waals surface area contributed by atoms with Crippen molar-refractivity contribution in [1.29, 1.82) is 0 Å². The highest BCUT2D eigenvalue weighted by molar-refractivity contribution is 5.88. The number of hydrogen-bond donors (Lipinski definition) is 3. The van der Waals surface area contributed by atoms with Gasteiger partial charge in [-0.2, -0.15) is 0 Å². The molecule has 0 bridgehead atoms. The first-order valence-electron chi connectivity index (χ1n) is 5.89. The minimum absolute atomic E-state index is 0.0989. The van der Waals surface area contributed by atoms with Crippen molar-refractivity contribution in [3.8, 4) is 11.6 Å². The van der Waals surface area contributed by atoms with Crippen molar-refractivity contribution < 1.29 is 14.6 Å². The van der Waals surface area contributed by atoms with Gasteiger partial charge in [0.1, 0.15) is 5.75 Å². The molecule has 20 heavy (non-hydrogen) atoms. The predicted octanol–water partition coefficient (Wildman–Crippen LogP) is 1.02. The van der Waals surface area contributed by atoms with Gasteiger partial charge in [0.15, 0.2) is 0 Å². The normalized spacial score (nSPS) is 15.9. The fourth-order valence-electron chi connectivity index (χ4n) is 2.33. The third kappa shape index (κ3) is 1.71. The molecular formula is C13H10N2O5. The largest absolute Gasteiger partial charge is 0.478 e. The maximum atomic E-state index is 11.9. The molecule has 0 radical (unpaired) electrons. The monoisotopic (exact) mass is 274 g/mol. The zero-order chi connectivity index (χ0) is 14.4. The van der Waals surface area contributed by atoms with E-state index in [2.05, 4.69) is 9.97 Å². The van der Waals surface area contributed by atoms with Crippen LogP contribution in [0, 0.1) is 0 Å². The molecule has 0 aliphatic carbocycles. The van der Waals surface area contributed by atoms with Gasteiger partial charge in [-0.1, -0.05) is 6.92 Å². The van der Waals surface area contributed by atoms with Gasteiger partial charge >= 0.3 is 11.7 Å². The Bertz CT molecular complexity index is 833. The first-order chi connectivity index (χ1) is 9.47. The molecule has 3 N–H and O–H groups in total. The van der Waals surface area contributed by atoms with Gasteiger partial charge in [0.05, 0.1) is 11.1 Å². The van der Waals surface area contributed by atoms with Crippen molar-refractivity contribution in [3.63, 3.8) is 0 Å². The number of nitrogens with one attached hydrogen (secondary N) is 2. The number of carboxylic acids is 1. The average Bonchev–Trinajstić information content (AvgIpc) is 2.37. The molecule has 3 rings (SSSR count). The summed E-state index contributed by atoms with van der Waals surface area (Å²) in [4.78, 5) is 38.7. The summed E-state index contributed by atoms with van der Waals surface area (Å²) < 4.78 is 5.48. The summed E-state index contributed by atoms with van der Waals surface area (Å²) in [6.07, 6.45) is 0. The molecule has 1 unspecified atom stereocenters. The van der Waals surface area contributed by atoms with Crippen LogP contribution in [-0.2, 0) is 0 Å². The van der Waals surface area contributed by atoms with E-state index in [1.165, 1.54) is 18.2 Å². The lowest BCUT2D eigenvalue weighted by molar-refractivity contribution is 0.0696. The van der Waals surface area contributed by atoms with Gasteiger partial charge in [-0.15, -0.1) is 0 Å². The number of H-pyrrole nitrogens is 2. The number of ether oxygens (including phenoxy) is 1. The second-order valence-corrected chi connectivity index (χ2v) is 4.53. The van der Waals surface area contributed by atoms with Crippen LogP contribution in [0.25, 0.3) is 0 Å². The fourth-order valence-corrected chi connectivity index (χ4v) is 2.33. The molecule has 7 heteroatoms. The zero-order valence-corrected chi connectivity index (χ0v) is 10.4. The molecule has 0 saturated carbocycles. The second kappa shape index (κ2) is 4.09. The third-order valence-electron chi connectivity index (χ3n) is 3.31. The maximum absolute atomic E-state index is 11.9. The molecule has 1 aliphatic heterocycles. The molecule has 1 atom stereocenters. The Hall–Kier alpha value is -2.83. The molecule has 2 heterocycles. The summed E-state index contributed by atoms with van der Waals surface area (Å²) in [7, 11) is 0. The summed E-state index contributed by atoms with van der Waals surface area (Å²) in [6, 6.07) is 4.39. The molecule has 0 amide bonds. The number of hydrogen-bond acceptors (Lipinski definition) is 4. The van der Waals surface area contributed by atoms with Crippen molar-refractivity contribution in [1.82, 2.24) is 9.97 Å². The van der Waals surface area contributed by atoms with Gasteiger partial charge in [0.25, 0.3) is 5.56 Å². The van der Waals surface area contributed by atoms with Crippen molar-refractivity contribution in [2.75, 3.05) is 0 Å². The molecule has 0 saturated heterocycles. The van der Waals surface area contributed by atoms with Crippen LogP contribution in [0.1, 0.15) is 34.3 Å². The number of aromatic amines is 2. The molecular weight excluding hydrogens is 264 g/mol. The van der Waals surface area contributed by atoms with E-state index in [1.54, 1.807) is 6.92 Å². The Balaban J connectivity index is 2.23. The Kier molecular flexibility index (Phi) is 2.50. The van der Waals surface area contributed by atoms with Gasteiger partial charge in [-0.05, 0) is 18.2 Å². The first-order valence-corrected chi connectivity index (χ1v) is 5.89. The Morgan fingerprint density at radius 3 is 2.75 bits per heavy atom. The van der Waals surface area contributed by atoms with Crippen LogP contribution < -0.4 is 16.0 Å². The first kappa shape index (κ1) is 12.2. The number of carboxylic acid groups (broad SMARTS) is 1. The molecule has 102 valence electrons. The van der Waals surface area contributed by atoms with Gasteiger partial charge in [0.2, 0.25) is 5.88 Å². The molecule has 0 fully saturated rings. The smallest absolute Gasteiger partial charge is 0.335 e. The fraction of sp³-hybridized carbons (Fsp3) is 0.154. The summed E-state index contributed by atoms with van der Waals surface area (Å²) in [6.45, 7) is 1.75. The number of aromatic nitrogens is 2. The summed E-state index contributed by atoms with van der Waals surface area (Å²) in [5.41, 5.74) is -0.202. The Morgan fingerprint density at radius 2 is 2.05 bits per heavy atom. The van der Waals surface area contributed by atoms with E-state index in [4.69, 9.17) is 9.84 Å². The van der Waals surface area contributed by atoms with Gasteiger partial charge in [-0.3, -0.25) is 14.8 Å². The lowest BCUT2D eigenvalue weighted by Gasteiger charge is -2.24. The Labute approximate surface area is 111 Å². The maximum Gasteiger partial charge on any atom is 0.335 e. The van der Waals surface area contributed by atoms with E-state index >= 15 is 0 Å². The van der Waals surface area contributed by atoms with Gasteiger partial charge < -0.3 is 9.84 Å². The molecule has 0 spiro atoms. The van der Waals surface area contributed by atoms with E-state index in [0.717, 1.165) is 0 Å². The highest BCUT2D eigenvalue weighted by Crippen LogP contribution is 2.40. The van der Waals surface area contributed by atoms with E-state index in [1.807, 2.05) is 0 Å². The van der Waals surface area contributed by atoms with Crippen LogP contribution in [-0.4, -0.2) is 21.0 Å². The van der Waals surface area contributed by atoms with E-state index in [-0.39, 0.29) is 22.9 Å². The summed E-state index contributed by atoms with van der Waals surface area (Å²) in [5, 5.41) is 9.00. The van der Waals surface area contributed by atoms with Crippen LogP contribution in [0.15, 0.2) is 27.8 Å². The number of benzene rings is 1. The lowest BCUT2D eigenvalue weighted by Crippen LogP contribution is -2.29. The van der Waals surface area contributed by atoms with Crippen molar-refractivity contribution in [2.45, 2.75) is 12.8 Å². The van der Waals surface area contributed by atoms with Crippen molar-refractivity contribution >= 4 is 5.97 Å². The molecule has 7 nitrogen and oxygen atoms in total. The third-order valence-corrected chi connectivity index (χ3v) is 3.31. The highest BCUT2D eigenvalue weighted by Gasteiger charge is 2.28. The number of aromatic carboxylic acids is 1. The van der Waals surface area contributed by atoms with Gasteiger partial charge in [-0.25, -0.2) is 9.59 Å². The average molecular weight is 274 g/mol. The SMILES string of the molecule is CC1c2cc(C(=O)O)ccc2Oc2[nH]c(=O)[nH]c(=O)c21. The minimum atomic E-state index is -1.05. The number of fused-ring (bicyclic) bond motifs is 2. The van der Waals surface area contributed by atoms with Gasteiger partial charge in [0, 0.05) is 11.5 Å². The topological polar surface area (TPSA) is 112 Å². The molecule has 1 aromatic carbocycles. The summed E-state index contributed by atoms with van der Waals surface area (Å²) >= 11 is 0. The highest BCUT2D eigenvalue weighted by atomic mass is 16.5. The zero-order valence-electron chi connectivity index (χ0n) is 10.4. The molecule has 1 aliphatic rings. The second-order valence-electron chi connectivity index (χ2n) is 4.53. The van der Waals surface area contributed by atoms with Crippen LogP contribution in [0.4, 0.5) is 0 Å². The van der Waals surface area contributed by atoms with Crippen LogP contribution >= 0.6 is 0 Å². The van der Waals surface area contributed by atoms with Crippen LogP contribution in [0.2, 0.25) is 0 Å². The lowest BCUT2D eigenvalue weighted by atomic mass is 9.90. The standard InChI is InChI=1S/C13H10N2O5/c1-5-7-4-6(12(17)18)2-3-8(7)20-11-9(5)10(16)14-13(19)15-11/h2-5H,1H3,(H,17,18)(H2,14,15,16,19). The quantitative estimate of drug-likeness (QED) is 0.718. The van der Waals surface area contributed by atoms with Crippen molar-refractivity contribution in [2.24, 2.45) is 0 Å². The Morgan fingerprint density at radius 1 is 1.30 bits per heavy atom. The number of carbonyl (C=O) groups is 1. The van der Waals surface area contributed by atoms with Crippen LogP contribution in [0.3, 0.4) is 0 Å². The molecule has 1 aromatic heterocycles.